The Balaban J connectivity index is 1.76. The topological polar surface area (TPSA) is 45.2 Å². The second-order valence-corrected chi connectivity index (χ2v) is 8.74. The maximum absolute atomic E-state index is 11.9. The lowest BCUT2D eigenvalue weighted by molar-refractivity contribution is 0.413. The van der Waals surface area contributed by atoms with E-state index in [0.29, 0.717) is 5.92 Å². The first-order valence-electron chi connectivity index (χ1n) is 10.8. The molecule has 2 aliphatic carbocycles. The minimum Gasteiger partial charge on any atom is -0.326 e. The van der Waals surface area contributed by atoms with Gasteiger partial charge in [-0.05, 0) is 55.0 Å². The minimum atomic E-state index is -0.433. The summed E-state index contributed by atoms with van der Waals surface area (Å²) in [5.41, 5.74) is 6.94. The lowest BCUT2D eigenvalue weighted by atomic mass is 9.63. The Hall–Kier alpha value is -2.94. The Labute approximate surface area is 179 Å². The molecule has 0 radical (unpaired) electrons. The third-order valence-corrected chi connectivity index (χ3v) is 6.35. The highest BCUT2D eigenvalue weighted by Gasteiger charge is 2.46. The number of fused-ring (bicyclic) bond motifs is 4. The molecule has 30 heavy (non-hydrogen) atoms. The average molecular weight is 399 g/mol. The zero-order valence-electron chi connectivity index (χ0n) is 18.3. The number of hydrogen-bond acceptors (Lipinski definition) is 2. The van der Waals surface area contributed by atoms with Crippen LogP contribution in [0.25, 0.3) is 6.08 Å². The molecule has 2 atom stereocenters. The molecule has 0 saturated carbocycles. The summed E-state index contributed by atoms with van der Waals surface area (Å²) in [5, 5.41) is 0. The van der Waals surface area contributed by atoms with Gasteiger partial charge in [0, 0.05) is 35.9 Å². The molecule has 0 spiro atoms. The van der Waals surface area contributed by atoms with Gasteiger partial charge < -0.3 is 4.98 Å². The molecule has 0 amide bonds. The van der Waals surface area contributed by atoms with Gasteiger partial charge >= 0.3 is 0 Å². The molecule has 2 bridgehead atoms. The first-order valence-corrected chi connectivity index (χ1v) is 10.8. The second-order valence-electron chi connectivity index (χ2n) is 8.74. The van der Waals surface area contributed by atoms with Crippen LogP contribution in [0.5, 0.6) is 0 Å². The largest absolute Gasteiger partial charge is 0.326 e. The van der Waals surface area contributed by atoms with Crippen molar-refractivity contribution in [2.45, 2.75) is 52.0 Å². The van der Waals surface area contributed by atoms with Crippen molar-refractivity contribution in [3.05, 3.63) is 98.5 Å². The van der Waals surface area contributed by atoms with Gasteiger partial charge in [-0.3, -0.25) is 9.79 Å². The number of pyridine rings is 1. The number of benzene rings is 1. The van der Waals surface area contributed by atoms with Gasteiger partial charge in [0.1, 0.15) is 5.54 Å². The van der Waals surface area contributed by atoms with Crippen molar-refractivity contribution >= 4 is 12.3 Å². The predicted molar refractivity (Wildman–Crippen MR) is 126 cm³/mol. The molecule has 3 heteroatoms. The van der Waals surface area contributed by atoms with Gasteiger partial charge in [-0.15, -0.1) is 0 Å². The molecule has 1 aromatic heterocycles. The van der Waals surface area contributed by atoms with Crippen LogP contribution in [0.15, 0.2) is 75.6 Å². The smallest absolute Gasteiger partial charge is 0.248 e. The highest BCUT2D eigenvalue weighted by atomic mass is 16.1. The maximum Gasteiger partial charge on any atom is 0.248 e. The van der Waals surface area contributed by atoms with Gasteiger partial charge in [-0.2, -0.15) is 0 Å². The number of aromatic amines is 1. The van der Waals surface area contributed by atoms with Crippen molar-refractivity contribution in [3.8, 4) is 0 Å². The third kappa shape index (κ3) is 3.54. The van der Waals surface area contributed by atoms with Gasteiger partial charge in [0.25, 0.3) is 0 Å². The van der Waals surface area contributed by atoms with Crippen LogP contribution in [-0.2, 0) is 12.0 Å². The number of hydrogen-bond donors (Lipinski definition) is 1. The van der Waals surface area contributed by atoms with Crippen LogP contribution in [0.4, 0.5) is 0 Å². The quantitative estimate of drug-likeness (QED) is 0.502. The molecule has 1 heterocycles. The molecule has 0 saturated heterocycles. The Morgan fingerprint density at radius 2 is 2.00 bits per heavy atom. The molecule has 1 aromatic carbocycles. The number of rotatable bonds is 4. The average Bonchev–Trinajstić information content (AvgIpc) is 2.70. The molecule has 3 nitrogen and oxygen atoms in total. The monoisotopic (exact) mass is 398 g/mol. The Bertz CT molecular complexity index is 1130. The summed E-state index contributed by atoms with van der Waals surface area (Å²) in [6.07, 6.45) is 12.4. The van der Waals surface area contributed by atoms with E-state index in [9.17, 15) is 4.79 Å². The summed E-state index contributed by atoms with van der Waals surface area (Å²) in [5.74, 6) is 0.766. The molecule has 4 rings (SSSR count). The second kappa shape index (κ2) is 8.06. The van der Waals surface area contributed by atoms with Gasteiger partial charge in [0.05, 0.1) is 0 Å². The summed E-state index contributed by atoms with van der Waals surface area (Å²) >= 11 is 0. The molecule has 1 N–H and O–H groups in total. The summed E-state index contributed by atoms with van der Waals surface area (Å²) in [6, 6.07) is 12.1. The highest BCUT2D eigenvalue weighted by molar-refractivity contribution is 5.80. The SMILES string of the molecule is CC=C1C2C=C(C)CC1(N=CC=Cc1ccccc1C(C)C)c1ccc(=O)[nH]c1C2. The van der Waals surface area contributed by atoms with Gasteiger partial charge in [0.2, 0.25) is 5.56 Å². The Morgan fingerprint density at radius 3 is 2.77 bits per heavy atom. The molecular weight excluding hydrogens is 368 g/mol. The van der Waals surface area contributed by atoms with Crippen LogP contribution < -0.4 is 5.56 Å². The van der Waals surface area contributed by atoms with Crippen LogP contribution in [0.1, 0.15) is 62.4 Å². The third-order valence-electron chi connectivity index (χ3n) is 6.35. The minimum absolute atomic E-state index is 0.0410. The fraction of sp³-hybridized carbons (Fsp3) is 0.333. The van der Waals surface area contributed by atoms with E-state index in [4.69, 9.17) is 4.99 Å². The fourth-order valence-electron chi connectivity index (χ4n) is 5.16. The van der Waals surface area contributed by atoms with E-state index < -0.39 is 5.54 Å². The molecule has 0 fully saturated rings. The van der Waals surface area contributed by atoms with E-state index >= 15 is 0 Å². The van der Waals surface area contributed by atoms with Crippen molar-refractivity contribution in [3.63, 3.8) is 0 Å². The lowest BCUT2D eigenvalue weighted by Crippen LogP contribution is -2.40. The number of nitrogens with one attached hydrogen (secondary N) is 1. The lowest BCUT2D eigenvalue weighted by Gasteiger charge is -2.45. The molecule has 2 aromatic rings. The maximum atomic E-state index is 11.9. The molecule has 2 unspecified atom stereocenters. The van der Waals surface area contributed by atoms with Gasteiger partial charge in [0.15, 0.2) is 0 Å². The molecule has 154 valence electrons. The van der Waals surface area contributed by atoms with Crippen LogP contribution in [0.3, 0.4) is 0 Å². The zero-order chi connectivity index (χ0) is 21.3. The molecule has 2 aliphatic rings. The fourth-order valence-corrected chi connectivity index (χ4v) is 5.16. The van der Waals surface area contributed by atoms with Crippen molar-refractivity contribution in [2.24, 2.45) is 10.9 Å². The van der Waals surface area contributed by atoms with Crippen LogP contribution >= 0.6 is 0 Å². The standard InChI is InChI=1S/C27H30N2O/c1-5-23-21-15-19(4)17-27(23,24-12-13-26(30)29-25(24)16-21)28-14-8-10-20-9-6-7-11-22(20)18(2)3/h5-15,18,21H,16-17H2,1-4H3,(H,29,30). The van der Waals surface area contributed by atoms with Crippen molar-refractivity contribution < 1.29 is 0 Å². The first-order chi connectivity index (χ1) is 14.4. The predicted octanol–water partition coefficient (Wildman–Crippen LogP) is 5.95. The summed E-state index contributed by atoms with van der Waals surface area (Å²) < 4.78 is 0. The Kier molecular flexibility index (Phi) is 5.46. The summed E-state index contributed by atoms with van der Waals surface area (Å²) in [7, 11) is 0. The van der Waals surface area contributed by atoms with E-state index in [0.717, 1.165) is 24.1 Å². The number of H-pyrrole nitrogens is 1. The number of aliphatic imine (C=N–C) groups is 1. The number of allylic oxidation sites excluding steroid dienone is 3. The highest BCUT2D eigenvalue weighted by Crippen LogP contribution is 2.51. The van der Waals surface area contributed by atoms with Crippen LogP contribution in [-0.4, -0.2) is 11.2 Å². The zero-order valence-corrected chi connectivity index (χ0v) is 18.3. The van der Waals surface area contributed by atoms with Crippen molar-refractivity contribution in [2.75, 3.05) is 0 Å². The van der Waals surface area contributed by atoms with Gasteiger partial charge in [-0.1, -0.05) is 61.9 Å². The van der Waals surface area contributed by atoms with E-state index in [2.05, 4.69) is 75.2 Å². The van der Waals surface area contributed by atoms with E-state index in [-0.39, 0.29) is 11.5 Å². The van der Waals surface area contributed by atoms with Crippen LogP contribution in [0.2, 0.25) is 0 Å². The van der Waals surface area contributed by atoms with Crippen molar-refractivity contribution in [1.29, 1.82) is 0 Å². The molecule has 0 aliphatic heterocycles. The number of aromatic nitrogens is 1. The first kappa shape index (κ1) is 20.3. The molecular formula is C27H30N2O. The van der Waals surface area contributed by atoms with Crippen LogP contribution in [0, 0.1) is 5.92 Å². The van der Waals surface area contributed by atoms with E-state index in [1.165, 1.54) is 22.3 Å². The number of nitrogens with zero attached hydrogens (tertiary/aromatic N) is 1. The van der Waals surface area contributed by atoms with E-state index in [1.807, 2.05) is 18.4 Å². The van der Waals surface area contributed by atoms with Crippen molar-refractivity contribution in [1.82, 2.24) is 4.98 Å². The Morgan fingerprint density at radius 1 is 1.20 bits per heavy atom. The van der Waals surface area contributed by atoms with E-state index in [1.54, 1.807) is 6.07 Å². The van der Waals surface area contributed by atoms with Gasteiger partial charge in [-0.25, -0.2) is 0 Å². The summed E-state index contributed by atoms with van der Waals surface area (Å²) in [6.45, 7) is 8.73. The summed E-state index contributed by atoms with van der Waals surface area (Å²) in [4.78, 5) is 20.2. The normalized spacial score (nSPS) is 24.6.